The molecular weight excluding hydrogens is 348 g/mol. The van der Waals surface area contributed by atoms with E-state index in [1.165, 1.54) is 19.3 Å². The van der Waals surface area contributed by atoms with Crippen LogP contribution in [0.1, 0.15) is 57.1 Å². The molecule has 142 valence electrons. The third-order valence-corrected chi connectivity index (χ3v) is 5.42. The lowest BCUT2D eigenvalue weighted by Crippen LogP contribution is -2.39. The Morgan fingerprint density at radius 3 is 2.54 bits per heavy atom. The van der Waals surface area contributed by atoms with Gasteiger partial charge in [0.1, 0.15) is 0 Å². The van der Waals surface area contributed by atoms with Crippen molar-refractivity contribution < 1.29 is 4.79 Å². The lowest BCUT2D eigenvalue weighted by molar-refractivity contribution is -0.124. The Hall–Kier alpha value is -1.85. The third-order valence-electron chi connectivity index (χ3n) is 5.42. The largest absolute Gasteiger partial charge is 0.350 e. The molecule has 1 aliphatic carbocycles. The van der Waals surface area contributed by atoms with Crippen LogP contribution in [0.4, 0.5) is 0 Å². The molecule has 5 nitrogen and oxygen atoms in total. The van der Waals surface area contributed by atoms with Gasteiger partial charge in [-0.15, -0.1) is 12.4 Å². The first kappa shape index (κ1) is 20.5. The molecule has 1 aliphatic rings. The Bertz CT molecular complexity index is 678. The highest BCUT2D eigenvalue weighted by molar-refractivity contribution is 5.85. The fourth-order valence-corrected chi connectivity index (χ4v) is 3.81. The molecule has 6 heteroatoms. The third kappa shape index (κ3) is 4.86. The quantitative estimate of drug-likeness (QED) is 0.805. The van der Waals surface area contributed by atoms with Gasteiger partial charge in [0.25, 0.3) is 0 Å². The minimum atomic E-state index is -0.0161. The van der Waals surface area contributed by atoms with Crippen LogP contribution in [0.2, 0.25) is 0 Å². The van der Waals surface area contributed by atoms with Crippen molar-refractivity contribution in [3.63, 3.8) is 0 Å². The van der Waals surface area contributed by atoms with Crippen LogP contribution in [-0.4, -0.2) is 22.2 Å². The monoisotopic (exact) mass is 376 g/mol. The Balaban J connectivity index is 0.00000243. The molecule has 26 heavy (non-hydrogen) atoms. The predicted octanol–water partition coefficient (Wildman–Crippen LogP) is 3.77. The number of nitrogens with two attached hydrogens (primary N) is 1. The summed E-state index contributed by atoms with van der Waals surface area (Å²) in [5.74, 6) is 0.107. The van der Waals surface area contributed by atoms with E-state index in [1.807, 2.05) is 48.1 Å². The number of amides is 1. The van der Waals surface area contributed by atoms with Gasteiger partial charge in [-0.1, -0.05) is 31.4 Å². The molecule has 1 fully saturated rings. The van der Waals surface area contributed by atoms with Crippen LogP contribution in [0.15, 0.2) is 42.7 Å². The Kier molecular flexibility index (Phi) is 7.23. The van der Waals surface area contributed by atoms with Gasteiger partial charge in [-0.05, 0) is 55.5 Å². The summed E-state index contributed by atoms with van der Waals surface area (Å²) in [5.41, 5.74) is 8.11. The number of carbonyl (C=O) groups excluding carboxylic acids is 1. The molecule has 1 saturated carbocycles. The summed E-state index contributed by atoms with van der Waals surface area (Å²) >= 11 is 0. The molecular formula is C20H29ClN4O. The molecule has 0 bridgehead atoms. The second kappa shape index (κ2) is 9.19. The SMILES string of the molecule is CC(NC(=O)CC1(CN)CCCCC1)c1ccc(-n2cccn2)cc1.Cl. The van der Waals surface area contributed by atoms with Gasteiger partial charge in [0.05, 0.1) is 11.7 Å². The van der Waals surface area contributed by atoms with E-state index in [0.717, 1.165) is 24.1 Å². The van der Waals surface area contributed by atoms with Crippen molar-refractivity contribution in [2.24, 2.45) is 11.1 Å². The molecule has 1 amide bonds. The zero-order chi connectivity index (χ0) is 17.7. The van der Waals surface area contributed by atoms with E-state index in [9.17, 15) is 4.79 Å². The molecule has 1 aromatic carbocycles. The van der Waals surface area contributed by atoms with Gasteiger partial charge in [-0.25, -0.2) is 4.68 Å². The van der Waals surface area contributed by atoms with Crippen molar-refractivity contribution in [1.82, 2.24) is 15.1 Å². The zero-order valence-corrected chi connectivity index (χ0v) is 16.2. The summed E-state index contributed by atoms with van der Waals surface area (Å²) in [6.45, 7) is 2.63. The first-order valence-corrected chi connectivity index (χ1v) is 9.21. The van der Waals surface area contributed by atoms with E-state index in [0.29, 0.717) is 13.0 Å². The van der Waals surface area contributed by atoms with E-state index in [1.54, 1.807) is 6.20 Å². The number of nitrogens with zero attached hydrogens (tertiary/aromatic N) is 2. The van der Waals surface area contributed by atoms with Gasteiger partial charge >= 0.3 is 0 Å². The number of benzene rings is 1. The fourth-order valence-electron chi connectivity index (χ4n) is 3.81. The van der Waals surface area contributed by atoms with Gasteiger partial charge in [0.2, 0.25) is 5.91 Å². The van der Waals surface area contributed by atoms with Gasteiger partial charge in [0, 0.05) is 18.8 Å². The molecule has 1 aromatic heterocycles. The van der Waals surface area contributed by atoms with Crippen molar-refractivity contribution in [2.75, 3.05) is 6.54 Å². The molecule has 1 unspecified atom stereocenters. The smallest absolute Gasteiger partial charge is 0.221 e. The predicted molar refractivity (Wildman–Crippen MR) is 107 cm³/mol. The lowest BCUT2D eigenvalue weighted by Gasteiger charge is -2.36. The molecule has 1 atom stereocenters. The number of hydrogen-bond acceptors (Lipinski definition) is 3. The van der Waals surface area contributed by atoms with Gasteiger partial charge in [0.15, 0.2) is 0 Å². The van der Waals surface area contributed by atoms with Gasteiger partial charge in [-0.2, -0.15) is 5.10 Å². The average Bonchev–Trinajstić information content (AvgIpc) is 3.17. The maximum atomic E-state index is 12.5. The van der Waals surface area contributed by atoms with Crippen molar-refractivity contribution in [1.29, 1.82) is 0 Å². The van der Waals surface area contributed by atoms with E-state index < -0.39 is 0 Å². The highest BCUT2D eigenvalue weighted by Crippen LogP contribution is 2.38. The summed E-state index contributed by atoms with van der Waals surface area (Å²) in [6.07, 6.45) is 10.0. The summed E-state index contributed by atoms with van der Waals surface area (Å²) in [7, 11) is 0. The summed E-state index contributed by atoms with van der Waals surface area (Å²) in [5, 5.41) is 7.37. The lowest BCUT2D eigenvalue weighted by atomic mass is 9.71. The van der Waals surface area contributed by atoms with Crippen molar-refractivity contribution in [2.45, 2.75) is 51.5 Å². The number of hydrogen-bond donors (Lipinski definition) is 2. The van der Waals surface area contributed by atoms with Crippen molar-refractivity contribution >= 4 is 18.3 Å². The van der Waals surface area contributed by atoms with Crippen LogP contribution >= 0.6 is 12.4 Å². The average molecular weight is 377 g/mol. The number of aromatic nitrogens is 2. The van der Waals surface area contributed by atoms with Crippen molar-refractivity contribution in [3.8, 4) is 5.69 Å². The van der Waals surface area contributed by atoms with Crippen LogP contribution in [0.5, 0.6) is 0 Å². The molecule has 2 aromatic rings. The number of rotatable bonds is 6. The van der Waals surface area contributed by atoms with Crippen LogP contribution < -0.4 is 11.1 Å². The highest BCUT2D eigenvalue weighted by Gasteiger charge is 2.33. The molecule has 0 radical (unpaired) electrons. The molecule has 3 N–H and O–H groups in total. The zero-order valence-electron chi connectivity index (χ0n) is 15.4. The Morgan fingerprint density at radius 1 is 1.27 bits per heavy atom. The van der Waals surface area contributed by atoms with E-state index in [-0.39, 0.29) is 29.8 Å². The van der Waals surface area contributed by atoms with E-state index >= 15 is 0 Å². The normalized spacial score (nSPS) is 17.2. The van der Waals surface area contributed by atoms with Gasteiger partial charge < -0.3 is 11.1 Å². The molecule has 1 heterocycles. The van der Waals surface area contributed by atoms with Crippen molar-refractivity contribution in [3.05, 3.63) is 48.3 Å². The number of nitrogens with one attached hydrogen (secondary N) is 1. The maximum Gasteiger partial charge on any atom is 0.221 e. The fraction of sp³-hybridized carbons (Fsp3) is 0.500. The highest BCUT2D eigenvalue weighted by atomic mass is 35.5. The summed E-state index contributed by atoms with van der Waals surface area (Å²) < 4.78 is 1.82. The minimum absolute atomic E-state index is 0. The van der Waals surface area contributed by atoms with Crippen LogP contribution in [-0.2, 0) is 4.79 Å². The Labute approximate surface area is 161 Å². The number of halogens is 1. The summed E-state index contributed by atoms with van der Waals surface area (Å²) in [4.78, 5) is 12.5. The Morgan fingerprint density at radius 2 is 1.96 bits per heavy atom. The second-order valence-corrected chi connectivity index (χ2v) is 7.27. The van der Waals surface area contributed by atoms with Gasteiger partial charge in [-0.3, -0.25) is 4.79 Å². The molecule has 0 spiro atoms. The number of carbonyl (C=O) groups is 1. The minimum Gasteiger partial charge on any atom is -0.350 e. The topological polar surface area (TPSA) is 72.9 Å². The first-order chi connectivity index (χ1) is 12.1. The molecule has 0 aliphatic heterocycles. The summed E-state index contributed by atoms with van der Waals surface area (Å²) in [6, 6.07) is 10.0. The second-order valence-electron chi connectivity index (χ2n) is 7.27. The van der Waals surface area contributed by atoms with Crippen LogP contribution in [0.25, 0.3) is 5.69 Å². The first-order valence-electron chi connectivity index (χ1n) is 9.21. The maximum absolute atomic E-state index is 12.5. The van der Waals surface area contributed by atoms with E-state index in [2.05, 4.69) is 10.4 Å². The van der Waals surface area contributed by atoms with Crippen LogP contribution in [0, 0.1) is 5.41 Å². The van der Waals surface area contributed by atoms with Crippen LogP contribution in [0.3, 0.4) is 0 Å². The molecule has 3 rings (SSSR count). The standard InChI is InChI=1S/C20H28N4O.ClH/c1-16(17-6-8-18(9-7-17)24-13-5-12-22-24)23-19(25)14-20(15-21)10-3-2-4-11-20;/h5-9,12-13,16H,2-4,10-11,14-15,21H2,1H3,(H,23,25);1H. The molecule has 0 saturated heterocycles. The van der Waals surface area contributed by atoms with E-state index in [4.69, 9.17) is 5.73 Å².